The Morgan fingerprint density at radius 2 is 1.81 bits per heavy atom. The molecule has 3 N–H and O–H groups in total. The van der Waals surface area contributed by atoms with Crippen molar-refractivity contribution in [2.24, 2.45) is 0 Å². The van der Waals surface area contributed by atoms with Crippen molar-refractivity contribution >= 4 is 16.0 Å². The number of carboxylic acid groups (broad SMARTS) is 1. The first-order valence-corrected chi connectivity index (χ1v) is 7.47. The lowest BCUT2D eigenvalue weighted by Gasteiger charge is -2.04. The van der Waals surface area contributed by atoms with Gasteiger partial charge in [0.2, 0.25) is 10.9 Å². The zero-order valence-corrected chi connectivity index (χ0v) is 11.6. The SMILES string of the molecule is O=C(O)c1ccc(S(=O)(=O)NCCc2ccc(O)cc2)o1. The van der Waals surface area contributed by atoms with E-state index in [0.29, 0.717) is 6.42 Å². The van der Waals surface area contributed by atoms with Crippen LogP contribution >= 0.6 is 0 Å². The number of carboxylic acids is 1. The summed E-state index contributed by atoms with van der Waals surface area (Å²) in [7, 11) is -3.88. The second-order valence-electron chi connectivity index (χ2n) is 4.24. The molecule has 0 unspecified atom stereocenters. The molecule has 21 heavy (non-hydrogen) atoms. The van der Waals surface area contributed by atoms with Crippen LogP contribution in [0.1, 0.15) is 16.1 Å². The fourth-order valence-electron chi connectivity index (χ4n) is 1.64. The lowest BCUT2D eigenvalue weighted by Crippen LogP contribution is -2.25. The molecule has 0 amide bonds. The van der Waals surface area contributed by atoms with Gasteiger partial charge >= 0.3 is 5.97 Å². The third-order valence-corrected chi connectivity index (χ3v) is 4.03. The van der Waals surface area contributed by atoms with Crippen LogP contribution < -0.4 is 4.72 Å². The highest BCUT2D eigenvalue weighted by Gasteiger charge is 2.20. The van der Waals surface area contributed by atoms with Crippen LogP contribution in [0.2, 0.25) is 0 Å². The van der Waals surface area contributed by atoms with Crippen LogP contribution in [-0.2, 0) is 16.4 Å². The first kappa shape index (κ1) is 15.1. The Kier molecular flexibility index (Phi) is 4.29. The number of sulfonamides is 1. The average molecular weight is 311 g/mol. The predicted molar refractivity (Wildman–Crippen MR) is 72.7 cm³/mol. The fraction of sp³-hybridized carbons (Fsp3) is 0.154. The molecule has 0 radical (unpaired) electrons. The largest absolute Gasteiger partial charge is 0.508 e. The van der Waals surface area contributed by atoms with Gasteiger partial charge < -0.3 is 14.6 Å². The van der Waals surface area contributed by atoms with Gasteiger partial charge in [0.05, 0.1) is 0 Å². The first-order valence-electron chi connectivity index (χ1n) is 5.99. The van der Waals surface area contributed by atoms with Crippen LogP contribution in [0.25, 0.3) is 0 Å². The van der Waals surface area contributed by atoms with Crippen LogP contribution in [0, 0.1) is 0 Å². The average Bonchev–Trinajstić information content (AvgIpc) is 2.91. The zero-order valence-electron chi connectivity index (χ0n) is 10.8. The summed E-state index contributed by atoms with van der Waals surface area (Å²) < 4.78 is 30.8. The van der Waals surface area contributed by atoms with Crippen LogP contribution in [0.15, 0.2) is 45.9 Å². The van der Waals surface area contributed by atoms with Crippen molar-refractivity contribution < 1.29 is 27.8 Å². The Morgan fingerprint density at radius 3 is 2.38 bits per heavy atom. The van der Waals surface area contributed by atoms with Crippen molar-refractivity contribution in [2.75, 3.05) is 6.54 Å². The van der Waals surface area contributed by atoms with Gasteiger partial charge in [-0.15, -0.1) is 0 Å². The molecule has 0 aliphatic carbocycles. The molecule has 0 saturated carbocycles. The number of aromatic hydroxyl groups is 1. The van der Waals surface area contributed by atoms with Crippen molar-refractivity contribution in [1.29, 1.82) is 0 Å². The number of phenolic OH excluding ortho intramolecular Hbond substituents is 1. The minimum Gasteiger partial charge on any atom is -0.508 e. The van der Waals surface area contributed by atoms with Crippen molar-refractivity contribution in [1.82, 2.24) is 4.72 Å². The summed E-state index contributed by atoms with van der Waals surface area (Å²) in [5, 5.41) is 17.4. The second-order valence-corrected chi connectivity index (χ2v) is 5.94. The molecule has 0 bridgehead atoms. The summed E-state index contributed by atoms with van der Waals surface area (Å²) in [5.41, 5.74) is 0.848. The molecule has 1 aromatic heterocycles. The minimum atomic E-state index is -3.88. The molecule has 0 aliphatic heterocycles. The zero-order chi connectivity index (χ0) is 15.5. The van der Waals surface area contributed by atoms with E-state index >= 15 is 0 Å². The standard InChI is InChI=1S/C13H13NO6S/c15-10-3-1-9(2-4-10)7-8-14-21(18,19)12-6-5-11(20-12)13(16)17/h1-6,14-15H,7-8H2,(H,16,17). The van der Waals surface area contributed by atoms with Gasteiger partial charge in [0, 0.05) is 6.54 Å². The van der Waals surface area contributed by atoms with Gasteiger partial charge in [0.15, 0.2) is 0 Å². The van der Waals surface area contributed by atoms with Gasteiger partial charge in [-0.05, 0) is 36.2 Å². The molecule has 2 aromatic rings. The molecular weight excluding hydrogens is 298 g/mol. The van der Waals surface area contributed by atoms with Crippen LogP contribution in [0.4, 0.5) is 0 Å². The van der Waals surface area contributed by atoms with Crippen molar-refractivity contribution in [2.45, 2.75) is 11.5 Å². The summed E-state index contributed by atoms with van der Waals surface area (Å²) in [4.78, 5) is 10.6. The molecule has 0 spiro atoms. The molecule has 1 heterocycles. The maximum absolute atomic E-state index is 11.9. The maximum Gasteiger partial charge on any atom is 0.371 e. The van der Waals surface area contributed by atoms with E-state index in [2.05, 4.69) is 4.72 Å². The number of benzene rings is 1. The Labute approximate surface area is 120 Å². The summed E-state index contributed by atoms with van der Waals surface area (Å²) in [6.07, 6.45) is 0.423. The third kappa shape index (κ3) is 3.83. The number of furan rings is 1. The van der Waals surface area contributed by atoms with Gasteiger partial charge in [-0.1, -0.05) is 12.1 Å². The highest BCUT2D eigenvalue weighted by molar-refractivity contribution is 7.89. The van der Waals surface area contributed by atoms with Crippen LogP contribution in [-0.4, -0.2) is 31.1 Å². The fourth-order valence-corrected chi connectivity index (χ4v) is 2.60. The predicted octanol–water partition coefficient (Wildman–Crippen LogP) is 1.20. The topological polar surface area (TPSA) is 117 Å². The Hall–Kier alpha value is -2.32. The van der Waals surface area contributed by atoms with Crippen LogP contribution in [0.5, 0.6) is 5.75 Å². The minimum absolute atomic E-state index is 0.121. The van der Waals surface area contributed by atoms with E-state index in [1.165, 1.54) is 12.1 Å². The quantitative estimate of drug-likeness (QED) is 0.738. The lowest BCUT2D eigenvalue weighted by molar-refractivity contribution is 0.0656. The monoisotopic (exact) mass is 311 g/mol. The van der Waals surface area contributed by atoms with Gasteiger partial charge in [-0.2, -0.15) is 0 Å². The maximum atomic E-state index is 11.9. The summed E-state index contributed by atoms with van der Waals surface area (Å²) in [5.74, 6) is -1.63. The molecule has 0 aliphatic rings. The molecule has 112 valence electrons. The molecule has 1 aromatic carbocycles. The molecule has 8 heteroatoms. The normalized spacial score (nSPS) is 11.4. The van der Waals surface area contributed by atoms with E-state index in [1.54, 1.807) is 12.1 Å². The summed E-state index contributed by atoms with van der Waals surface area (Å²) in [6, 6.07) is 8.55. The van der Waals surface area contributed by atoms with Gasteiger partial charge in [0.25, 0.3) is 10.0 Å². The number of phenols is 1. The van der Waals surface area contributed by atoms with Crippen molar-refractivity contribution in [3.8, 4) is 5.75 Å². The highest BCUT2D eigenvalue weighted by Crippen LogP contribution is 2.14. The van der Waals surface area contributed by atoms with Crippen molar-refractivity contribution in [3.63, 3.8) is 0 Å². The first-order chi connectivity index (χ1) is 9.88. The summed E-state index contributed by atoms with van der Waals surface area (Å²) in [6.45, 7) is 0.121. The van der Waals surface area contributed by atoms with E-state index in [-0.39, 0.29) is 12.3 Å². The van der Waals surface area contributed by atoms with Crippen LogP contribution in [0.3, 0.4) is 0 Å². The van der Waals surface area contributed by atoms with E-state index in [9.17, 15) is 13.2 Å². The Morgan fingerprint density at radius 1 is 1.14 bits per heavy atom. The van der Waals surface area contributed by atoms with Crippen molar-refractivity contribution in [3.05, 3.63) is 47.7 Å². The number of rotatable bonds is 6. The number of hydrogen-bond acceptors (Lipinski definition) is 5. The van der Waals surface area contributed by atoms with E-state index in [1.807, 2.05) is 0 Å². The van der Waals surface area contributed by atoms with Gasteiger partial charge in [-0.25, -0.2) is 17.9 Å². The molecule has 7 nitrogen and oxygen atoms in total. The van der Waals surface area contributed by atoms with E-state index in [4.69, 9.17) is 14.6 Å². The Balaban J connectivity index is 1.97. The second kappa shape index (κ2) is 5.98. The number of carbonyl (C=O) groups is 1. The lowest BCUT2D eigenvalue weighted by atomic mass is 10.1. The van der Waals surface area contributed by atoms with E-state index in [0.717, 1.165) is 17.7 Å². The smallest absolute Gasteiger partial charge is 0.371 e. The van der Waals surface area contributed by atoms with Gasteiger partial charge in [0.1, 0.15) is 5.75 Å². The molecule has 0 fully saturated rings. The number of nitrogens with one attached hydrogen (secondary N) is 1. The van der Waals surface area contributed by atoms with Gasteiger partial charge in [-0.3, -0.25) is 0 Å². The van der Waals surface area contributed by atoms with E-state index < -0.39 is 26.8 Å². The third-order valence-electron chi connectivity index (χ3n) is 2.70. The number of hydrogen-bond donors (Lipinski definition) is 3. The number of aromatic carboxylic acids is 1. The molecular formula is C13H13NO6S. The molecule has 2 rings (SSSR count). The molecule has 0 atom stereocenters. The highest BCUT2D eigenvalue weighted by atomic mass is 32.2. The summed E-state index contributed by atoms with van der Waals surface area (Å²) >= 11 is 0. The molecule has 0 saturated heterocycles. The Bertz CT molecular complexity index is 732.